The number of nitrogens with one attached hydrogen (secondary N) is 1. The van der Waals surface area contributed by atoms with Crippen LogP contribution in [0.5, 0.6) is 0 Å². The number of nitrogens with zero attached hydrogens (tertiary/aromatic N) is 3. The molecular formula is C23H18N4O. The predicted molar refractivity (Wildman–Crippen MR) is 110 cm³/mol. The summed E-state index contributed by atoms with van der Waals surface area (Å²) in [7, 11) is 0. The highest BCUT2D eigenvalue weighted by Crippen LogP contribution is 2.18. The van der Waals surface area contributed by atoms with Crippen LogP contribution < -0.4 is 10.4 Å². The number of aliphatic imine (C=N–C) groups is 2. The molecule has 5 rings (SSSR count). The van der Waals surface area contributed by atoms with E-state index in [9.17, 15) is 4.79 Å². The Bertz CT molecular complexity index is 1230. The van der Waals surface area contributed by atoms with Gasteiger partial charge in [-0.15, -0.1) is 0 Å². The number of amidine groups is 1. The zero-order chi connectivity index (χ0) is 18.9. The number of aromatic nitrogens is 2. The fourth-order valence-electron chi connectivity index (χ4n) is 3.57. The fraction of sp³-hybridized carbons (Fsp3) is 0.130. The van der Waals surface area contributed by atoms with Crippen LogP contribution in [0.25, 0.3) is 23.4 Å². The Morgan fingerprint density at radius 1 is 0.893 bits per heavy atom. The molecule has 1 N–H and O–H groups in total. The van der Waals surface area contributed by atoms with Crippen LogP contribution in [-0.2, 0) is 11.2 Å². The van der Waals surface area contributed by atoms with Crippen molar-refractivity contribution in [2.24, 2.45) is 15.9 Å². The lowest BCUT2D eigenvalue weighted by molar-refractivity contribution is -0.118. The Balaban J connectivity index is 1.35. The zero-order valence-electron chi connectivity index (χ0n) is 15.2. The highest BCUT2D eigenvalue weighted by atomic mass is 16.1. The van der Waals surface area contributed by atoms with Gasteiger partial charge in [0.2, 0.25) is 0 Å². The van der Waals surface area contributed by atoms with Crippen molar-refractivity contribution in [1.29, 1.82) is 0 Å². The number of carbonyl (C=O) groups excluding carboxylic acids is 1. The number of imidazole rings is 1. The van der Waals surface area contributed by atoms with Crippen molar-refractivity contribution in [1.82, 2.24) is 9.97 Å². The quantitative estimate of drug-likeness (QED) is 0.770. The molecule has 1 aliphatic carbocycles. The van der Waals surface area contributed by atoms with E-state index < -0.39 is 0 Å². The number of carbonyl (C=O) groups is 1. The molecule has 1 aliphatic heterocycles. The molecule has 0 saturated heterocycles. The van der Waals surface area contributed by atoms with E-state index in [1.165, 1.54) is 0 Å². The Morgan fingerprint density at radius 2 is 1.68 bits per heavy atom. The molecule has 0 saturated carbocycles. The molecule has 0 radical (unpaired) electrons. The van der Waals surface area contributed by atoms with Crippen LogP contribution in [-0.4, -0.2) is 27.4 Å². The first kappa shape index (κ1) is 16.6. The number of aryl methyl sites for hydroxylation is 1. The van der Waals surface area contributed by atoms with E-state index in [2.05, 4.69) is 20.0 Å². The van der Waals surface area contributed by atoms with Gasteiger partial charge in [-0.1, -0.05) is 60.7 Å². The van der Waals surface area contributed by atoms with E-state index in [0.29, 0.717) is 18.7 Å². The zero-order valence-corrected chi connectivity index (χ0v) is 15.2. The van der Waals surface area contributed by atoms with Gasteiger partial charge in [0.15, 0.2) is 0 Å². The molecule has 1 atom stereocenters. The fourth-order valence-corrected chi connectivity index (χ4v) is 3.57. The van der Waals surface area contributed by atoms with Gasteiger partial charge in [-0.2, -0.15) is 4.99 Å². The van der Waals surface area contributed by atoms with Gasteiger partial charge in [0, 0.05) is 12.8 Å². The monoisotopic (exact) mass is 366 g/mol. The van der Waals surface area contributed by atoms with E-state index in [4.69, 9.17) is 0 Å². The number of fused-ring (bicyclic) bond motifs is 2. The summed E-state index contributed by atoms with van der Waals surface area (Å²) in [4.78, 5) is 29.2. The summed E-state index contributed by atoms with van der Waals surface area (Å²) in [5.74, 6) is 0.918. The molecule has 0 fully saturated rings. The molecule has 1 unspecified atom stereocenters. The van der Waals surface area contributed by atoms with Crippen molar-refractivity contribution in [3.63, 3.8) is 0 Å². The average Bonchev–Trinajstić information content (AvgIpc) is 3.21. The third-order valence-electron chi connectivity index (χ3n) is 5.03. The lowest BCUT2D eigenvalue weighted by Crippen LogP contribution is -2.37. The van der Waals surface area contributed by atoms with Crippen molar-refractivity contribution in [3.05, 3.63) is 77.1 Å². The second-order valence-electron chi connectivity index (χ2n) is 6.93. The Kier molecular flexibility index (Phi) is 4.05. The van der Waals surface area contributed by atoms with Crippen LogP contribution in [0, 0.1) is 5.92 Å². The van der Waals surface area contributed by atoms with Gasteiger partial charge in [0.1, 0.15) is 17.6 Å². The van der Waals surface area contributed by atoms with E-state index in [0.717, 1.165) is 33.2 Å². The molecule has 1 amide bonds. The van der Waals surface area contributed by atoms with Crippen LogP contribution in [0.3, 0.4) is 0 Å². The summed E-state index contributed by atoms with van der Waals surface area (Å²) in [6.07, 6.45) is 7.00. The van der Waals surface area contributed by atoms with Crippen LogP contribution in [0.1, 0.15) is 12.2 Å². The van der Waals surface area contributed by atoms with Gasteiger partial charge in [-0.3, -0.25) is 4.79 Å². The normalized spacial score (nSPS) is 17.6. The third kappa shape index (κ3) is 3.11. The minimum atomic E-state index is -0.369. The number of rotatable bonds is 4. The smallest absolute Gasteiger partial charge is 0.260 e. The molecule has 5 heteroatoms. The van der Waals surface area contributed by atoms with Crippen LogP contribution >= 0.6 is 0 Å². The maximum absolute atomic E-state index is 12.5. The first-order valence-corrected chi connectivity index (χ1v) is 9.34. The van der Waals surface area contributed by atoms with Crippen LogP contribution in [0.15, 0.2) is 70.8 Å². The number of hydrogen-bond acceptors (Lipinski definition) is 3. The van der Waals surface area contributed by atoms with Crippen molar-refractivity contribution >= 4 is 29.6 Å². The van der Waals surface area contributed by atoms with E-state index in [1.54, 1.807) is 0 Å². The second kappa shape index (κ2) is 6.85. The molecule has 2 aliphatic rings. The molecule has 2 aromatic carbocycles. The third-order valence-corrected chi connectivity index (χ3v) is 5.03. The molecule has 136 valence electrons. The first-order valence-electron chi connectivity index (χ1n) is 9.34. The number of hydrogen-bond donors (Lipinski definition) is 1. The standard InChI is InChI=1S/C23H18N4O/c28-23-18-12-16-8-4-5-9-17(16)13-19(18)25-22(27-23)11-10-21-24-14-20(26-21)15-6-2-1-3-7-15/h1-9,12-14,18H,10-11H2,(H,24,26). The molecule has 5 nitrogen and oxygen atoms in total. The second-order valence-corrected chi connectivity index (χ2v) is 6.93. The molecule has 0 spiro atoms. The van der Waals surface area contributed by atoms with E-state index in [1.807, 2.05) is 72.9 Å². The van der Waals surface area contributed by atoms with Gasteiger partial charge >= 0.3 is 0 Å². The van der Waals surface area contributed by atoms with Crippen LogP contribution in [0.4, 0.5) is 0 Å². The summed E-state index contributed by atoms with van der Waals surface area (Å²) >= 11 is 0. The van der Waals surface area contributed by atoms with Crippen molar-refractivity contribution in [2.45, 2.75) is 12.8 Å². The Hall–Kier alpha value is -3.60. The Labute approximate surface area is 161 Å². The van der Waals surface area contributed by atoms with Gasteiger partial charge < -0.3 is 4.98 Å². The molecule has 0 bridgehead atoms. The highest BCUT2D eigenvalue weighted by Gasteiger charge is 2.27. The first-order chi connectivity index (χ1) is 13.8. The predicted octanol–water partition coefficient (Wildman–Crippen LogP) is 2.28. The largest absolute Gasteiger partial charge is 0.342 e. The summed E-state index contributed by atoms with van der Waals surface area (Å²) in [6.45, 7) is 0. The maximum Gasteiger partial charge on any atom is 0.260 e. The number of H-pyrrole nitrogens is 1. The molecule has 28 heavy (non-hydrogen) atoms. The molecule has 2 heterocycles. The highest BCUT2D eigenvalue weighted by molar-refractivity contribution is 6.29. The van der Waals surface area contributed by atoms with Gasteiger partial charge in [0.05, 0.1) is 17.6 Å². The Morgan fingerprint density at radius 3 is 2.54 bits per heavy atom. The lowest BCUT2D eigenvalue weighted by atomic mass is 9.93. The van der Waals surface area contributed by atoms with Crippen LogP contribution in [0.2, 0.25) is 0 Å². The minimum Gasteiger partial charge on any atom is -0.342 e. The summed E-state index contributed by atoms with van der Waals surface area (Å²) < 4.78 is 0. The molecule has 1 aromatic heterocycles. The van der Waals surface area contributed by atoms with Gasteiger partial charge in [-0.05, 0) is 22.1 Å². The van der Waals surface area contributed by atoms with E-state index in [-0.39, 0.29) is 11.8 Å². The lowest BCUT2D eigenvalue weighted by Gasteiger charge is -2.18. The average molecular weight is 366 g/mol. The molecule has 3 aromatic rings. The number of benzene rings is 2. The van der Waals surface area contributed by atoms with E-state index >= 15 is 0 Å². The van der Waals surface area contributed by atoms with Gasteiger partial charge in [0.25, 0.3) is 5.91 Å². The van der Waals surface area contributed by atoms with Crippen molar-refractivity contribution in [2.75, 3.05) is 0 Å². The molecular weight excluding hydrogens is 348 g/mol. The number of amides is 1. The van der Waals surface area contributed by atoms with Crippen molar-refractivity contribution in [3.8, 4) is 11.3 Å². The van der Waals surface area contributed by atoms with Gasteiger partial charge in [-0.25, -0.2) is 9.98 Å². The topological polar surface area (TPSA) is 70.5 Å². The maximum atomic E-state index is 12.5. The van der Waals surface area contributed by atoms with Crippen molar-refractivity contribution < 1.29 is 4.79 Å². The number of aromatic amines is 1. The SMILES string of the molecule is O=C1N=C(CCc2ncc(-c3ccccc3)[nH]2)N=C2C=c3ccccc3=CC12. The minimum absolute atomic E-state index is 0.143. The summed E-state index contributed by atoms with van der Waals surface area (Å²) in [6, 6.07) is 18.1. The summed E-state index contributed by atoms with van der Waals surface area (Å²) in [5.41, 5.74) is 2.86. The summed E-state index contributed by atoms with van der Waals surface area (Å²) in [5, 5.41) is 2.15.